The topological polar surface area (TPSA) is 69.7 Å². The Kier molecular flexibility index (Phi) is 7.36. The normalized spacial score (nSPS) is 13.7. The summed E-state index contributed by atoms with van der Waals surface area (Å²) in [5.74, 6) is -0.499. The molecule has 0 radical (unpaired) electrons. The van der Waals surface area contributed by atoms with E-state index in [1.807, 2.05) is 31.2 Å². The number of amides is 1. The highest BCUT2D eigenvalue weighted by Gasteiger charge is 2.29. The minimum Gasteiger partial charge on any atom is -0.372 e. The fraction of sp³-hybridized carbons (Fsp3) is 0.240. The molecule has 34 heavy (non-hydrogen) atoms. The molecule has 9 heteroatoms. The van der Waals surface area contributed by atoms with E-state index in [1.54, 1.807) is 18.2 Å². The molecule has 178 valence electrons. The maximum absolute atomic E-state index is 13.5. The van der Waals surface area contributed by atoms with Crippen LogP contribution >= 0.6 is 23.2 Å². The van der Waals surface area contributed by atoms with Gasteiger partial charge in [0.15, 0.2) is 0 Å². The van der Waals surface area contributed by atoms with Crippen molar-refractivity contribution >= 4 is 56.2 Å². The number of nitrogens with zero attached hydrogens (tertiary/aromatic N) is 2. The molecule has 4 rings (SSSR count). The summed E-state index contributed by atoms with van der Waals surface area (Å²) in [7, 11) is -4.09. The van der Waals surface area contributed by atoms with E-state index in [0.29, 0.717) is 10.7 Å². The zero-order valence-corrected chi connectivity index (χ0v) is 21.0. The van der Waals surface area contributed by atoms with Crippen LogP contribution in [0.15, 0.2) is 71.6 Å². The Morgan fingerprint density at radius 3 is 2.26 bits per heavy atom. The first kappa shape index (κ1) is 24.4. The third-order valence-corrected chi connectivity index (χ3v) is 8.02. The Morgan fingerprint density at radius 1 is 0.971 bits per heavy atom. The number of hydrogen-bond donors (Lipinski definition) is 1. The Labute approximate surface area is 210 Å². The van der Waals surface area contributed by atoms with Crippen LogP contribution in [0.4, 0.5) is 17.1 Å². The number of sulfonamides is 1. The van der Waals surface area contributed by atoms with Crippen molar-refractivity contribution in [2.24, 2.45) is 0 Å². The summed E-state index contributed by atoms with van der Waals surface area (Å²) < 4.78 is 28.0. The zero-order chi connectivity index (χ0) is 24.3. The lowest BCUT2D eigenvalue weighted by Crippen LogP contribution is -2.38. The van der Waals surface area contributed by atoms with Gasteiger partial charge in [0.2, 0.25) is 5.91 Å². The van der Waals surface area contributed by atoms with Gasteiger partial charge >= 0.3 is 0 Å². The van der Waals surface area contributed by atoms with Gasteiger partial charge in [-0.25, -0.2) is 8.42 Å². The van der Waals surface area contributed by atoms with Crippen molar-refractivity contribution in [1.29, 1.82) is 0 Å². The Hall–Kier alpha value is -2.74. The first-order valence-electron chi connectivity index (χ1n) is 10.9. The number of carbonyl (C=O) groups is 1. The molecule has 0 aliphatic carbocycles. The summed E-state index contributed by atoms with van der Waals surface area (Å²) in [6.07, 6.45) is 2.35. The standard InChI is InChI=1S/C25H25Cl2N3O3S/c1-18-4-11-22(12-5-18)34(32,33)30(24-16-19(26)6-13-23(24)27)17-25(31)28-20-7-9-21(10-8-20)29-14-2-3-15-29/h4-13,16H,2-3,14-15,17H2,1H3,(H,28,31). The van der Waals surface area contributed by atoms with Gasteiger partial charge < -0.3 is 10.2 Å². The quantitative estimate of drug-likeness (QED) is 0.434. The van der Waals surface area contributed by atoms with Crippen LogP contribution in [0, 0.1) is 6.92 Å². The summed E-state index contributed by atoms with van der Waals surface area (Å²) in [6, 6.07) is 18.5. The maximum atomic E-state index is 13.5. The van der Waals surface area contributed by atoms with Gasteiger partial charge in [-0.2, -0.15) is 0 Å². The number of nitrogens with one attached hydrogen (secondary N) is 1. The summed E-state index contributed by atoms with van der Waals surface area (Å²) >= 11 is 12.5. The number of benzene rings is 3. The first-order chi connectivity index (χ1) is 16.2. The second kappa shape index (κ2) is 10.3. The molecule has 6 nitrogen and oxygen atoms in total. The second-order valence-corrected chi connectivity index (χ2v) is 10.9. The molecule has 1 amide bonds. The minimum atomic E-state index is -4.09. The predicted octanol–water partition coefficient (Wildman–Crippen LogP) is 5.74. The Bertz CT molecular complexity index is 1270. The first-order valence-corrected chi connectivity index (χ1v) is 13.1. The number of halogens is 2. The lowest BCUT2D eigenvalue weighted by Gasteiger charge is -2.25. The van der Waals surface area contributed by atoms with Gasteiger partial charge in [0.05, 0.1) is 15.6 Å². The smallest absolute Gasteiger partial charge is 0.264 e. The largest absolute Gasteiger partial charge is 0.372 e. The molecule has 1 N–H and O–H groups in total. The van der Waals surface area contributed by atoms with E-state index in [1.165, 1.54) is 37.1 Å². The number of anilines is 3. The van der Waals surface area contributed by atoms with E-state index in [2.05, 4.69) is 10.2 Å². The Balaban J connectivity index is 1.59. The molecular formula is C25H25Cl2N3O3S. The van der Waals surface area contributed by atoms with Crippen LogP contribution in [-0.4, -0.2) is 34.0 Å². The van der Waals surface area contributed by atoms with Crippen molar-refractivity contribution in [3.8, 4) is 0 Å². The van der Waals surface area contributed by atoms with Crippen LogP contribution in [0.2, 0.25) is 10.0 Å². The molecule has 1 aliphatic heterocycles. The molecular weight excluding hydrogens is 493 g/mol. The molecule has 0 unspecified atom stereocenters. The highest BCUT2D eigenvalue weighted by molar-refractivity contribution is 7.92. The van der Waals surface area contributed by atoms with Crippen LogP contribution in [0.3, 0.4) is 0 Å². The van der Waals surface area contributed by atoms with Crippen molar-refractivity contribution in [1.82, 2.24) is 0 Å². The summed E-state index contributed by atoms with van der Waals surface area (Å²) in [5, 5.41) is 3.26. The monoisotopic (exact) mass is 517 g/mol. The zero-order valence-electron chi connectivity index (χ0n) is 18.7. The molecule has 1 heterocycles. The lowest BCUT2D eigenvalue weighted by atomic mass is 10.2. The van der Waals surface area contributed by atoms with Gasteiger partial charge in [-0.15, -0.1) is 0 Å². The van der Waals surface area contributed by atoms with Gasteiger partial charge in [-0.3, -0.25) is 9.10 Å². The molecule has 0 aromatic heterocycles. The fourth-order valence-electron chi connectivity index (χ4n) is 3.88. The molecule has 3 aromatic carbocycles. The van der Waals surface area contributed by atoms with E-state index >= 15 is 0 Å². The lowest BCUT2D eigenvalue weighted by molar-refractivity contribution is -0.114. The number of rotatable bonds is 7. The highest BCUT2D eigenvalue weighted by Crippen LogP contribution is 2.33. The summed E-state index contributed by atoms with van der Waals surface area (Å²) in [6.45, 7) is 3.45. The van der Waals surface area contributed by atoms with Crippen molar-refractivity contribution in [3.63, 3.8) is 0 Å². The molecule has 3 aromatic rings. The number of aryl methyl sites for hydroxylation is 1. The van der Waals surface area contributed by atoms with Gasteiger partial charge in [-0.1, -0.05) is 40.9 Å². The number of carbonyl (C=O) groups excluding carboxylic acids is 1. The molecule has 0 atom stereocenters. The van der Waals surface area contributed by atoms with E-state index in [4.69, 9.17) is 23.2 Å². The number of hydrogen-bond acceptors (Lipinski definition) is 4. The maximum Gasteiger partial charge on any atom is 0.264 e. The van der Waals surface area contributed by atoms with Crippen molar-refractivity contribution < 1.29 is 13.2 Å². The minimum absolute atomic E-state index is 0.0527. The van der Waals surface area contributed by atoms with E-state index in [9.17, 15) is 13.2 Å². The van der Waals surface area contributed by atoms with Crippen LogP contribution in [-0.2, 0) is 14.8 Å². The Morgan fingerprint density at radius 2 is 1.62 bits per heavy atom. The second-order valence-electron chi connectivity index (χ2n) is 8.21. The van der Waals surface area contributed by atoms with Crippen molar-refractivity contribution in [2.75, 3.05) is 34.2 Å². The van der Waals surface area contributed by atoms with Gasteiger partial charge in [-0.05, 0) is 74.4 Å². The van der Waals surface area contributed by atoms with E-state index in [-0.39, 0.29) is 15.6 Å². The molecule has 0 bridgehead atoms. The van der Waals surface area contributed by atoms with E-state index in [0.717, 1.165) is 28.6 Å². The molecule has 1 fully saturated rings. The molecule has 0 spiro atoms. The van der Waals surface area contributed by atoms with Crippen molar-refractivity contribution in [3.05, 3.63) is 82.3 Å². The van der Waals surface area contributed by atoms with Crippen molar-refractivity contribution in [2.45, 2.75) is 24.7 Å². The highest BCUT2D eigenvalue weighted by atomic mass is 35.5. The third kappa shape index (κ3) is 5.49. The van der Waals surface area contributed by atoms with E-state index < -0.39 is 22.5 Å². The average Bonchev–Trinajstić information content (AvgIpc) is 3.35. The van der Waals surface area contributed by atoms with Gasteiger partial charge in [0, 0.05) is 29.5 Å². The fourth-order valence-corrected chi connectivity index (χ4v) is 5.74. The molecule has 1 aliphatic rings. The third-order valence-electron chi connectivity index (χ3n) is 5.70. The van der Waals surface area contributed by atoms with Crippen LogP contribution in [0.25, 0.3) is 0 Å². The van der Waals surface area contributed by atoms with Gasteiger partial charge in [0.25, 0.3) is 10.0 Å². The summed E-state index contributed by atoms with van der Waals surface area (Å²) in [5.41, 5.74) is 2.73. The summed E-state index contributed by atoms with van der Waals surface area (Å²) in [4.78, 5) is 15.3. The van der Waals surface area contributed by atoms with Crippen LogP contribution in [0.1, 0.15) is 18.4 Å². The van der Waals surface area contributed by atoms with Crippen LogP contribution in [0.5, 0.6) is 0 Å². The molecule has 1 saturated heterocycles. The SMILES string of the molecule is Cc1ccc(S(=O)(=O)N(CC(=O)Nc2ccc(N3CCCC3)cc2)c2cc(Cl)ccc2Cl)cc1. The predicted molar refractivity (Wildman–Crippen MR) is 139 cm³/mol. The van der Waals surface area contributed by atoms with Gasteiger partial charge in [0.1, 0.15) is 6.54 Å². The molecule has 0 saturated carbocycles. The average molecular weight is 518 g/mol. The van der Waals surface area contributed by atoms with Crippen LogP contribution < -0.4 is 14.5 Å².